The van der Waals surface area contributed by atoms with Crippen LogP contribution < -0.4 is 14.4 Å². The van der Waals surface area contributed by atoms with Gasteiger partial charge in [0.05, 0.1) is 17.7 Å². The number of nitrogens with zero attached hydrogens (tertiary/aromatic N) is 2. The lowest BCUT2D eigenvalue weighted by molar-refractivity contribution is -0.140. The van der Waals surface area contributed by atoms with Gasteiger partial charge in [-0.05, 0) is 67.3 Å². The van der Waals surface area contributed by atoms with E-state index in [1.165, 1.54) is 17.0 Å². The van der Waals surface area contributed by atoms with Crippen molar-refractivity contribution in [2.75, 3.05) is 18.0 Å². The third-order valence-electron chi connectivity index (χ3n) is 7.75. The van der Waals surface area contributed by atoms with Crippen molar-refractivity contribution in [2.45, 2.75) is 57.1 Å². The number of carbonyl (C=O) groups is 2. The van der Waals surface area contributed by atoms with Crippen LogP contribution in [0.15, 0.2) is 114 Å². The summed E-state index contributed by atoms with van der Waals surface area (Å²) in [6, 6.07) is 30.9. The van der Waals surface area contributed by atoms with E-state index < -0.39 is 28.5 Å². The Morgan fingerprint density at radius 2 is 1.47 bits per heavy atom. The Kier molecular flexibility index (Phi) is 11.4. The first-order valence-corrected chi connectivity index (χ1v) is 16.5. The third-order valence-corrected chi connectivity index (χ3v) is 9.53. The monoisotopic (exact) mass is 627 g/mol. The minimum atomic E-state index is -4.15. The molecule has 0 aromatic heterocycles. The fourth-order valence-corrected chi connectivity index (χ4v) is 6.54. The van der Waals surface area contributed by atoms with Crippen LogP contribution in [-0.4, -0.2) is 50.9 Å². The van der Waals surface area contributed by atoms with Gasteiger partial charge in [-0.1, -0.05) is 85.8 Å². The lowest BCUT2D eigenvalue weighted by atomic mass is 10.0. The molecule has 4 rings (SSSR count). The molecule has 0 bridgehead atoms. The van der Waals surface area contributed by atoms with E-state index in [2.05, 4.69) is 5.32 Å². The molecule has 9 heteroatoms. The first-order valence-electron chi connectivity index (χ1n) is 15.0. The fraction of sp³-hybridized carbons (Fsp3) is 0.278. The SMILES string of the molecule is CC[C@H](C)NC(=O)[C@@H](Cc1ccccc1)N(Cc1cccc(OC)c1)C(=O)CN(c1ccccc1C)S(=O)(=O)c1ccccc1. The second-order valence-corrected chi connectivity index (χ2v) is 12.9. The summed E-state index contributed by atoms with van der Waals surface area (Å²) in [5, 5.41) is 3.05. The van der Waals surface area contributed by atoms with Crippen LogP contribution >= 0.6 is 0 Å². The number of para-hydroxylation sites is 1. The Balaban J connectivity index is 1.82. The zero-order valence-corrected chi connectivity index (χ0v) is 27.0. The largest absolute Gasteiger partial charge is 0.497 e. The molecule has 236 valence electrons. The van der Waals surface area contributed by atoms with Crippen molar-refractivity contribution in [3.05, 3.63) is 126 Å². The molecule has 2 amide bonds. The summed E-state index contributed by atoms with van der Waals surface area (Å²) in [6.07, 6.45) is 0.957. The van der Waals surface area contributed by atoms with Gasteiger partial charge in [-0.2, -0.15) is 0 Å². The lowest BCUT2D eigenvalue weighted by Crippen LogP contribution is -2.54. The smallest absolute Gasteiger partial charge is 0.264 e. The number of amides is 2. The highest BCUT2D eigenvalue weighted by Crippen LogP contribution is 2.28. The number of aryl methyl sites for hydroxylation is 1. The molecule has 0 heterocycles. The number of anilines is 1. The Hall–Kier alpha value is -4.63. The van der Waals surface area contributed by atoms with Crippen LogP contribution in [0.5, 0.6) is 5.75 Å². The Morgan fingerprint density at radius 3 is 2.11 bits per heavy atom. The summed E-state index contributed by atoms with van der Waals surface area (Å²) in [6.45, 7) is 5.25. The van der Waals surface area contributed by atoms with Gasteiger partial charge >= 0.3 is 0 Å². The number of carbonyl (C=O) groups excluding carboxylic acids is 2. The number of nitrogens with one attached hydrogen (secondary N) is 1. The molecule has 0 radical (unpaired) electrons. The van der Waals surface area contributed by atoms with Crippen LogP contribution in [0.4, 0.5) is 5.69 Å². The Bertz CT molecular complexity index is 1680. The zero-order valence-electron chi connectivity index (χ0n) is 26.2. The van der Waals surface area contributed by atoms with Gasteiger partial charge in [0.15, 0.2) is 0 Å². The molecule has 0 aliphatic carbocycles. The fourth-order valence-electron chi connectivity index (χ4n) is 5.04. The van der Waals surface area contributed by atoms with Crippen LogP contribution in [0.2, 0.25) is 0 Å². The van der Waals surface area contributed by atoms with E-state index in [0.29, 0.717) is 23.4 Å². The van der Waals surface area contributed by atoms with Crippen molar-refractivity contribution in [1.82, 2.24) is 10.2 Å². The number of methoxy groups -OCH3 is 1. The normalized spacial score (nSPS) is 12.5. The highest BCUT2D eigenvalue weighted by atomic mass is 32.2. The average Bonchev–Trinajstić information content (AvgIpc) is 3.06. The number of ether oxygens (including phenoxy) is 1. The Morgan fingerprint density at radius 1 is 0.844 bits per heavy atom. The molecule has 0 saturated carbocycles. The maximum Gasteiger partial charge on any atom is 0.264 e. The maximum absolute atomic E-state index is 14.6. The summed E-state index contributed by atoms with van der Waals surface area (Å²) in [5.41, 5.74) is 2.70. The van der Waals surface area contributed by atoms with E-state index in [1.54, 1.807) is 56.5 Å². The van der Waals surface area contributed by atoms with Crippen LogP contribution in [-0.2, 0) is 32.6 Å². The van der Waals surface area contributed by atoms with Gasteiger partial charge in [0.1, 0.15) is 18.3 Å². The van der Waals surface area contributed by atoms with Gasteiger partial charge in [-0.25, -0.2) is 8.42 Å². The number of sulfonamides is 1. The molecule has 0 saturated heterocycles. The summed E-state index contributed by atoms with van der Waals surface area (Å²) >= 11 is 0. The average molecular weight is 628 g/mol. The van der Waals surface area contributed by atoms with E-state index in [0.717, 1.165) is 15.4 Å². The Labute approximate surface area is 266 Å². The van der Waals surface area contributed by atoms with Crippen molar-refractivity contribution >= 4 is 27.5 Å². The molecule has 4 aromatic carbocycles. The number of benzene rings is 4. The first-order chi connectivity index (χ1) is 21.6. The van der Waals surface area contributed by atoms with Gasteiger partial charge in [0.2, 0.25) is 11.8 Å². The standard InChI is InChI=1S/C36H41N3O5S/c1-5-28(3)37-36(41)34(24-29-16-8-6-9-17-29)38(25-30-18-14-19-31(23-30)44-4)35(40)26-39(33-22-13-12-15-27(33)2)45(42,43)32-20-10-7-11-21-32/h6-23,28,34H,5,24-26H2,1-4H3,(H,37,41)/t28-,34+/m0/s1. The molecule has 0 aliphatic heterocycles. The van der Waals surface area contributed by atoms with E-state index in [-0.39, 0.29) is 29.8 Å². The van der Waals surface area contributed by atoms with Crippen molar-refractivity contribution in [2.24, 2.45) is 0 Å². The molecule has 0 aliphatic rings. The van der Waals surface area contributed by atoms with Gasteiger partial charge in [0, 0.05) is 19.0 Å². The topological polar surface area (TPSA) is 96.0 Å². The van der Waals surface area contributed by atoms with Crippen LogP contribution in [0.3, 0.4) is 0 Å². The predicted octanol–water partition coefficient (Wildman–Crippen LogP) is 5.75. The van der Waals surface area contributed by atoms with Crippen molar-refractivity contribution in [1.29, 1.82) is 0 Å². The van der Waals surface area contributed by atoms with Crippen LogP contribution in [0, 0.1) is 6.92 Å². The minimum Gasteiger partial charge on any atom is -0.497 e. The highest BCUT2D eigenvalue weighted by Gasteiger charge is 2.35. The molecular weight excluding hydrogens is 586 g/mol. The van der Waals surface area contributed by atoms with Crippen LogP contribution in [0.1, 0.15) is 37.0 Å². The van der Waals surface area contributed by atoms with E-state index >= 15 is 0 Å². The van der Waals surface area contributed by atoms with E-state index in [9.17, 15) is 18.0 Å². The van der Waals surface area contributed by atoms with Gasteiger partial charge in [0.25, 0.3) is 10.0 Å². The number of rotatable bonds is 14. The molecule has 8 nitrogen and oxygen atoms in total. The predicted molar refractivity (Wildman–Crippen MR) is 178 cm³/mol. The zero-order chi connectivity index (χ0) is 32.4. The van der Waals surface area contributed by atoms with Crippen molar-refractivity contribution in [3.63, 3.8) is 0 Å². The quantitative estimate of drug-likeness (QED) is 0.192. The maximum atomic E-state index is 14.6. The lowest BCUT2D eigenvalue weighted by Gasteiger charge is -2.34. The van der Waals surface area contributed by atoms with E-state index in [1.807, 2.05) is 68.4 Å². The van der Waals surface area contributed by atoms with E-state index in [4.69, 9.17) is 4.74 Å². The molecule has 0 spiro atoms. The molecule has 2 atom stereocenters. The van der Waals surface area contributed by atoms with Gasteiger partial charge in [-0.3, -0.25) is 13.9 Å². The highest BCUT2D eigenvalue weighted by molar-refractivity contribution is 7.92. The molecule has 4 aromatic rings. The second kappa shape index (κ2) is 15.4. The number of hydrogen-bond acceptors (Lipinski definition) is 5. The van der Waals surface area contributed by atoms with Crippen LogP contribution in [0.25, 0.3) is 0 Å². The number of hydrogen-bond donors (Lipinski definition) is 1. The summed E-state index contributed by atoms with van der Waals surface area (Å²) in [7, 11) is -2.59. The molecule has 1 N–H and O–H groups in total. The summed E-state index contributed by atoms with van der Waals surface area (Å²) < 4.78 is 34.8. The van der Waals surface area contributed by atoms with Gasteiger partial charge < -0.3 is 15.0 Å². The second-order valence-electron chi connectivity index (χ2n) is 11.0. The minimum absolute atomic E-state index is 0.0639. The molecular formula is C36H41N3O5S. The van der Waals surface area contributed by atoms with Gasteiger partial charge in [-0.15, -0.1) is 0 Å². The first kappa shape index (κ1) is 33.3. The molecule has 0 unspecified atom stereocenters. The summed E-state index contributed by atoms with van der Waals surface area (Å²) in [4.78, 5) is 30.1. The molecule has 0 fully saturated rings. The van der Waals surface area contributed by atoms with Crippen molar-refractivity contribution in [3.8, 4) is 5.75 Å². The van der Waals surface area contributed by atoms with Crippen molar-refractivity contribution < 1.29 is 22.7 Å². The molecule has 45 heavy (non-hydrogen) atoms. The summed E-state index contributed by atoms with van der Waals surface area (Å²) in [5.74, 6) is -0.213. The third kappa shape index (κ3) is 8.51.